The highest BCUT2D eigenvalue weighted by Crippen LogP contribution is 2.28. The number of nitrogen functional groups attached to an aromatic ring is 1. The zero-order chi connectivity index (χ0) is 20.0. The summed E-state index contributed by atoms with van der Waals surface area (Å²) in [6.07, 6.45) is -0.578. The van der Waals surface area contributed by atoms with E-state index in [4.69, 9.17) is 10.5 Å². The number of anilines is 1. The smallest absolute Gasteiger partial charge is 0.308 e. The van der Waals surface area contributed by atoms with Crippen LogP contribution in [-0.4, -0.2) is 22.9 Å². The van der Waals surface area contributed by atoms with Gasteiger partial charge in [-0.1, -0.05) is 24.3 Å². The first-order valence-electron chi connectivity index (χ1n) is 8.37. The molecule has 1 amide bonds. The number of esters is 1. The van der Waals surface area contributed by atoms with Crippen LogP contribution in [0.1, 0.15) is 42.2 Å². The fourth-order valence-electron chi connectivity index (χ4n) is 2.59. The van der Waals surface area contributed by atoms with Crippen molar-refractivity contribution in [2.45, 2.75) is 32.4 Å². The molecule has 1 atom stereocenters. The zero-order valence-electron chi connectivity index (χ0n) is 15.5. The Morgan fingerprint density at radius 1 is 1.18 bits per heavy atom. The predicted molar refractivity (Wildman–Crippen MR) is 107 cm³/mol. The number of nitrogens with zero attached hydrogens (tertiary/aromatic N) is 1. The average molecular weight is 408 g/mol. The Morgan fingerprint density at radius 3 is 2.46 bits per heavy atom. The Labute approximate surface area is 168 Å². The van der Waals surface area contributed by atoms with Gasteiger partial charge in [-0.25, -0.2) is 0 Å². The lowest BCUT2D eigenvalue weighted by Gasteiger charge is -2.19. The van der Waals surface area contributed by atoms with Crippen molar-refractivity contribution in [3.63, 3.8) is 0 Å². The van der Waals surface area contributed by atoms with Crippen LogP contribution in [-0.2, 0) is 9.53 Å². The third kappa shape index (κ3) is 6.24. The lowest BCUT2D eigenvalue weighted by Crippen LogP contribution is -2.31. The molecule has 0 spiro atoms. The summed E-state index contributed by atoms with van der Waals surface area (Å²) in [5.74, 6) is -1.07. The van der Waals surface area contributed by atoms with Crippen LogP contribution >= 0.6 is 12.4 Å². The number of nitro benzene ring substituents is 1. The standard InChI is InChI=1S/C19H21N3O5.ClH/c1-12(2)27-18(23)11-16(15-8-3-4-9-17(15)22(25)26)21-19(24)13-6-5-7-14(20)10-13;/h3-10,12,16H,11,20H2,1-2H3,(H,21,24);1H. The number of rotatable bonds is 7. The summed E-state index contributed by atoms with van der Waals surface area (Å²) in [7, 11) is 0. The molecule has 0 aliphatic heterocycles. The minimum Gasteiger partial charge on any atom is -0.463 e. The third-order valence-corrected chi connectivity index (χ3v) is 3.70. The maximum absolute atomic E-state index is 12.6. The number of halogens is 1. The van der Waals surface area contributed by atoms with E-state index in [1.54, 1.807) is 38.1 Å². The first kappa shape index (κ1) is 22.9. The van der Waals surface area contributed by atoms with Crippen molar-refractivity contribution in [1.29, 1.82) is 0 Å². The number of para-hydroxylation sites is 1. The van der Waals surface area contributed by atoms with Crippen molar-refractivity contribution in [2.75, 3.05) is 5.73 Å². The highest BCUT2D eigenvalue weighted by atomic mass is 35.5. The molecule has 2 aromatic rings. The molecule has 28 heavy (non-hydrogen) atoms. The summed E-state index contributed by atoms with van der Waals surface area (Å²) in [6, 6.07) is 11.3. The molecule has 0 saturated carbocycles. The number of nitrogens with one attached hydrogen (secondary N) is 1. The Bertz CT molecular complexity index is 857. The lowest BCUT2D eigenvalue weighted by molar-refractivity contribution is -0.385. The number of carbonyl (C=O) groups excluding carboxylic acids is 2. The van der Waals surface area contributed by atoms with Crippen LogP contribution in [0.2, 0.25) is 0 Å². The fourth-order valence-corrected chi connectivity index (χ4v) is 2.59. The molecule has 0 aromatic heterocycles. The maximum Gasteiger partial charge on any atom is 0.308 e. The van der Waals surface area contributed by atoms with Crippen LogP contribution in [0, 0.1) is 10.1 Å². The van der Waals surface area contributed by atoms with Gasteiger partial charge in [0.1, 0.15) is 0 Å². The largest absolute Gasteiger partial charge is 0.463 e. The van der Waals surface area contributed by atoms with Gasteiger partial charge >= 0.3 is 5.97 Å². The summed E-state index contributed by atoms with van der Waals surface area (Å²) < 4.78 is 5.13. The molecule has 2 rings (SSSR count). The van der Waals surface area contributed by atoms with E-state index < -0.39 is 22.8 Å². The third-order valence-electron chi connectivity index (χ3n) is 3.70. The number of amides is 1. The molecule has 0 fully saturated rings. The van der Waals surface area contributed by atoms with Gasteiger partial charge in [-0.2, -0.15) is 0 Å². The quantitative estimate of drug-likeness (QED) is 0.313. The topological polar surface area (TPSA) is 125 Å². The summed E-state index contributed by atoms with van der Waals surface area (Å²) >= 11 is 0. The molecule has 0 radical (unpaired) electrons. The molecule has 0 saturated heterocycles. The Morgan fingerprint density at radius 2 is 1.86 bits per heavy atom. The molecule has 0 bridgehead atoms. The van der Waals surface area contributed by atoms with E-state index in [9.17, 15) is 19.7 Å². The predicted octanol–water partition coefficient (Wildman–Crippen LogP) is 3.41. The summed E-state index contributed by atoms with van der Waals surface area (Å²) in [4.78, 5) is 35.5. The van der Waals surface area contributed by atoms with Crippen LogP contribution in [0.5, 0.6) is 0 Å². The number of hydrogen-bond acceptors (Lipinski definition) is 6. The van der Waals surface area contributed by atoms with E-state index in [2.05, 4.69) is 5.32 Å². The van der Waals surface area contributed by atoms with Crippen molar-refractivity contribution in [3.05, 3.63) is 69.8 Å². The van der Waals surface area contributed by atoms with E-state index in [1.807, 2.05) is 0 Å². The van der Waals surface area contributed by atoms with Crippen molar-refractivity contribution in [2.24, 2.45) is 0 Å². The van der Waals surface area contributed by atoms with Crippen LogP contribution < -0.4 is 11.1 Å². The molecule has 150 valence electrons. The van der Waals surface area contributed by atoms with E-state index in [1.165, 1.54) is 24.3 Å². The molecule has 3 N–H and O–H groups in total. The highest BCUT2D eigenvalue weighted by Gasteiger charge is 2.27. The van der Waals surface area contributed by atoms with Gasteiger partial charge in [0.2, 0.25) is 0 Å². The number of hydrogen-bond donors (Lipinski definition) is 2. The first-order valence-corrected chi connectivity index (χ1v) is 8.37. The van der Waals surface area contributed by atoms with Crippen LogP contribution in [0.25, 0.3) is 0 Å². The molecule has 1 unspecified atom stereocenters. The Kier molecular flexibility index (Phi) is 8.40. The fraction of sp³-hybridized carbons (Fsp3) is 0.263. The van der Waals surface area contributed by atoms with Crippen molar-refractivity contribution in [1.82, 2.24) is 5.32 Å². The van der Waals surface area contributed by atoms with Gasteiger partial charge < -0.3 is 15.8 Å². The molecular formula is C19H22ClN3O5. The van der Waals surface area contributed by atoms with Gasteiger partial charge in [0.25, 0.3) is 11.6 Å². The molecule has 9 heteroatoms. The molecule has 2 aromatic carbocycles. The van der Waals surface area contributed by atoms with E-state index in [0.717, 1.165) is 0 Å². The van der Waals surface area contributed by atoms with Gasteiger partial charge in [0.05, 0.1) is 29.1 Å². The number of ether oxygens (including phenoxy) is 1. The molecule has 0 heterocycles. The summed E-state index contributed by atoms with van der Waals surface area (Å²) in [5.41, 5.74) is 6.42. The zero-order valence-corrected chi connectivity index (χ0v) is 16.3. The van der Waals surface area contributed by atoms with Gasteiger partial charge in [-0.15, -0.1) is 12.4 Å². The summed E-state index contributed by atoms with van der Waals surface area (Å²) in [6.45, 7) is 3.40. The number of nitro groups is 1. The van der Waals surface area contributed by atoms with Gasteiger partial charge in [0.15, 0.2) is 0 Å². The monoisotopic (exact) mass is 407 g/mol. The SMILES string of the molecule is CC(C)OC(=O)CC(NC(=O)c1cccc(N)c1)c1ccccc1[N+](=O)[O-].Cl. The van der Waals surface area contributed by atoms with Gasteiger partial charge in [0, 0.05) is 17.3 Å². The van der Waals surface area contributed by atoms with E-state index >= 15 is 0 Å². The minimum atomic E-state index is -0.924. The molecule has 8 nitrogen and oxygen atoms in total. The number of nitrogens with two attached hydrogens (primary N) is 1. The minimum absolute atomic E-state index is 0. The maximum atomic E-state index is 12.6. The van der Waals surface area contributed by atoms with Crippen molar-refractivity contribution >= 4 is 35.7 Å². The number of carbonyl (C=O) groups is 2. The molecule has 0 aliphatic carbocycles. The van der Waals surface area contributed by atoms with Gasteiger partial charge in [-0.3, -0.25) is 19.7 Å². The van der Waals surface area contributed by atoms with Crippen molar-refractivity contribution < 1.29 is 19.2 Å². The number of benzene rings is 2. The Hall–Kier alpha value is -3.13. The normalized spacial score (nSPS) is 11.2. The second-order valence-electron chi connectivity index (χ2n) is 6.21. The van der Waals surface area contributed by atoms with Crippen LogP contribution in [0.4, 0.5) is 11.4 Å². The highest BCUT2D eigenvalue weighted by molar-refractivity contribution is 5.95. The van der Waals surface area contributed by atoms with E-state index in [0.29, 0.717) is 5.69 Å². The van der Waals surface area contributed by atoms with Crippen LogP contribution in [0.3, 0.4) is 0 Å². The summed E-state index contributed by atoms with van der Waals surface area (Å²) in [5, 5.41) is 14.0. The average Bonchev–Trinajstić information content (AvgIpc) is 2.60. The first-order chi connectivity index (χ1) is 12.8. The Balaban J connectivity index is 0.00000392. The second-order valence-corrected chi connectivity index (χ2v) is 6.21. The van der Waals surface area contributed by atoms with Crippen LogP contribution in [0.15, 0.2) is 48.5 Å². The lowest BCUT2D eigenvalue weighted by atomic mass is 10.0. The van der Waals surface area contributed by atoms with Gasteiger partial charge in [-0.05, 0) is 32.0 Å². The second kappa shape index (κ2) is 10.3. The van der Waals surface area contributed by atoms with Crippen molar-refractivity contribution in [3.8, 4) is 0 Å². The molecule has 0 aliphatic rings. The van der Waals surface area contributed by atoms with E-state index in [-0.39, 0.29) is 41.7 Å². The molecular weight excluding hydrogens is 386 g/mol.